The van der Waals surface area contributed by atoms with Crippen molar-refractivity contribution in [1.82, 2.24) is 16.0 Å². The zero-order chi connectivity index (χ0) is 22.3. The molecule has 7 nitrogen and oxygen atoms in total. The lowest BCUT2D eigenvalue weighted by atomic mass is 10.2. The van der Waals surface area contributed by atoms with Gasteiger partial charge in [-0.1, -0.05) is 18.2 Å². The van der Waals surface area contributed by atoms with Crippen molar-refractivity contribution in [2.45, 2.75) is 24.1 Å². The smallest absolute Gasteiger partial charge is 0.415 e. The summed E-state index contributed by atoms with van der Waals surface area (Å²) in [4.78, 5) is 23.7. The maximum absolute atomic E-state index is 13.3. The summed E-state index contributed by atoms with van der Waals surface area (Å²) in [5, 5.41) is 5.14. The van der Waals surface area contributed by atoms with Gasteiger partial charge in [0.15, 0.2) is 18.1 Å². The Morgan fingerprint density at radius 3 is 2.73 bits per heavy atom. The van der Waals surface area contributed by atoms with Crippen LogP contribution >= 0.6 is 23.6 Å². The number of nitrogens with one attached hydrogen (secondary N) is 3. The van der Waals surface area contributed by atoms with E-state index < -0.39 is 35.3 Å². The van der Waals surface area contributed by atoms with Gasteiger partial charge in [-0.15, -0.1) is 0 Å². The third-order valence-electron chi connectivity index (χ3n) is 3.66. The third kappa shape index (κ3) is 7.67. The first kappa shape index (κ1) is 24.3. The lowest BCUT2D eigenvalue weighted by molar-refractivity contribution is -0.142. The number of amides is 2. The molecule has 1 fully saturated rings. The Kier molecular flexibility index (Phi) is 8.77. The highest BCUT2D eigenvalue weighted by atomic mass is 35.5. The summed E-state index contributed by atoms with van der Waals surface area (Å²) >= 11 is 5.68. The van der Waals surface area contributed by atoms with E-state index in [1.165, 1.54) is 12.1 Å². The summed E-state index contributed by atoms with van der Waals surface area (Å²) < 4.78 is 60.9. The van der Waals surface area contributed by atoms with Gasteiger partial charge in [0.05, 0.1) is 5.02 Å². The van der Waals surface area contributed by atoms with Crippen molar-refractivity contribution in [1.29, 1.82) is 0 Å². The van der Waals surface area contributed by atoms with Crippen molar-refractivity contribution in [3.8, 4) is 5.75 Å². The Morgan fingerprint density at radius 2 is 2.13 bits per heavy atom. The molecule has 1 aliphatic rings. The normalized spacial score (nSPS) is 19.1. The average molecular weight is 472 g/mol. The minimum atomic E-state index is -4.49. The van der Waals surface area contributed by atoms with Crippen molar-refractivity contribution in [2.24, 2.45) is 0 Å². The van der Waals surface area contributed by atoms with E-state index in [4.69, 9.17) is 20.5 Å². The second-order valence-corrected chi connectivity index (χ2v) is 7.33. The summed E-state index contributed by atoms with van der Waals surface area (Å²) in [5.74, 6) is -1.68. The fourth-order valence-electron chi connectivity index (χ4n) is 2.15. The van der Waals surface area contributed by atoms with E-state index in [-0.39, 0.29) is 54.6 Å². The molecule has 1 heterocycles. The molecule has 2 atom stereocenters. The predicted octanol–water partition coefficient (Wildman–Crippen LogP) is 2.52. The summed E-state index contributed by atoms with van der Waals surface area (Å²) in [5.41, 5.74) is 0.243. The topological polar surface area (TPSA) is 88.7 Å². The molecule has 0 aromatic heterocycles. The van der Waals surface area contributed by atoms with Crippen LogP contribution in [0.1, 0.15) is 6.42 Å². The zero-order valence-electron chi connectivity index (χ0n) is 15.4. The monoisotopic (exact) mass is 471 g/mol. The van der Waals surface area contributed by atoms with E-state index in [2.05, 4.69) is 22.5 Å². The standard InChI is InChI=1S/C17H18ClF4N3O4S/c1-9(25-15(27)13-7-24-16(30-29-13)17(20,21)22)4-5-23-14(26)8-28-10-2-3-11(18)12(19)6-10/h2-3,6,13,16,24H,1,4-5,7-8H2,(H,23,26)(H,25,27). The Labute approximate surface area is 178 Å². The van der Waals surface area contributed by atoms with Gasteiger partial charge in [0, 0.05) is 43.3 Å². The molecule has 3 N–H and O–H groups in total. The number of hydrogen-bond donors (Lipinski definition) is 3. The van der Waals surface area contributed by atoms with Crippen LogP contribution in [0.2, 0.25) is 5.02 Å². The molecule has 2 rings (SSSR count). The second kappa shape index (κ2) is 10.8. The fourth-order valence-corrected chi connectivity index (χ4v) is 2.94. The van der Waals surface area contributed by atoms with Gasteiger partial charge in [0.1, 0.15) is 11.6 Å². The summed E-state index contributed by atoms with van der Waals surface area (Å²) in [6.45, 7) is 3.06. The Bertz CT molecular complexity index is 789. The molecule has 0 saturated carbocycles. The Morgan fingerprint density at radius 1 is 1.40 bits per heavy atom. The molecule has 13 heteroatoms. The van der Waals surface area contributed by atoms with Crippen LogP contribution in [0.15, 0.2) is 30.5 Å². The van der Waals surface area contributed by atoms with E-state index >= 15 is 0 Å². The minimum Gasteiger partial charge on any atom is -0.484 e. The molecule has 0 aliphatic carbocycles. The highest BCUT2D eigenvalue weighted by Gasteiger charge is 2.44. The molecule has 30 heavy (non-hydrogen) atoms. The molecule has 1 aliphatic heterocycles. The van der Waals surface area contributed by atoms with Crippen LogP contribution in [0.4, 0.5) is 17.6 Å². The van der Waals surface area contributed by atoms with Crippen LogP contribution < -0.4 is 20.7 Å². The number of halogens is 5. The number of rotatable bonds is 8. The number of ether oxygens (including phenoxy) is 1. The summed E-state index contributed by atoms with van der Waals surface area (Å²) in [6.07, 6.45) is -5.43. The molecule has 166 valence electrons. The number of alkyl halides is 3. The van der Waals surface area contributed by atoms with Crippen molar-refractivity contribution >= 4 is 35.5 Å². The van der Waals surface area contributed by atoms with E-state index in [0.717, 1.165) is 6.07 Å². The highest BCUT2D eigenvalue weighted by Crippen LogP contribution is 2.32. The Balaban J connectivity index is 1.63. The largest absolute Gasteiger partial charge is 0.484 e. The number of carbonyl (C=O) groups excluding carboxylic acids is 2. The van der Waals surface area contributed by atoms with Gasteiger partial charge in [-0.2, -0.15) is 13.2 Å². The lowest BCUT2D eigenvalue weighted by Crippen LogP contribution is -2.52. The predicted molar refractivity (Wildman–Crippen MR) is 102 cm³/mol. The fraction of sp³-hybridized carbons (Fsp3) is 0.412. The van der Waals surface area contributed by atoms with Crippen LogP contribution in [-0.2, 0) is 13.8 Å². The van der Waals surface area contributed by atoms with Gasteiger partial charge >= 0.3 is 6.18 Å². The first-order valence-electron chi connectivity index (χ1n) is 8.51. The van der Waals surface area contributed by atoms with Crippen molar-refractivity contribution in [2.75, 3.05) is 19.7 Å². The minimum absolute atomic E-state index is 0.0690. The first-order chi connectivity index (χ1) is 14.1. The van der Waals surface area contributed by atoms with Crippen LogP contribution in [0.5, 0.6) is 5.75 Å². The molecule has 1 aromatic rings. The maximum Gasteiger partial charge on any atom is 0.415 e. The number of benzene rings is 1. The van der Waals surface area contributed by atoms with E-state index in [1.54, 1.807) is 0 Å². The molecule has 2 amide bonds. The molecule has 0 radical (unpaired) electrons. The highest BCUT2D eigenvalue weighted by molar-refractivity contribution is 7.95. The van der Waals surface area contributed by atoms with Gasteiger partial charge in [0.25, 0.3) is 11.8 Å². The Hall–Kier alpha value is -2.02. The SMILES string of the molecule is C=C(CCNC(=O)COc1ccc(Cl)c(F)c1)NC(=O)C1CNC(C(F)(F)F)SO1. The molecular formula is C17H18ClF4N3O4S. The second-order valence-electron chi connectivity index (χ2n) is 6.07. The van der Waals surface area contributed by atoms with Crippen LogP contribution in [0.25, 0.3) is 0 Å². The summed E-state index contributed by atoms with van der Waals surface area (Å²) in [7, 11) is 0. The van der Waals surface area contributed by atoms with E-state index in [0.29, 0.717) is 0 Å². The summed E-state index contributed by atoms with van der Waals surface area (Å²) in [6, 6.07) is 3.75. The average Bonchev–Trinajstić information content (AvgIpc) is 2.68. The van der Waals surface area contributed by atoms with Crippen LogP contribution in [-0.4, -0.2) is 49.2 Å². The van der Waals surface area contributed by atoms with Crippen LogP contribution in [0.3, 0.4) is 0 Å². The maximum atomic E-state index is 13.3. The van der Waals surface area contributed by atoms with Crippen molar-refractivity contribution < 1.29 is 36.1 Å². The first-order valence-corrected chi connectivity index (χ1v) is 9.70. The van der Waals surface area contributed by atoms with Gasteiger partial charge in [0.2, 0.25) is 0 Å². The molecule has 1 saturated heterocycles. The lowest BCUT2D eigenvalue weighted by Gasteiger charge is -2.29. The molecule has 0 spiro atoms. The van der Waals surface area contributed by atoms with Crippen molar-refractivity contribution in [3.05, 3.63) is 41.3 Å². The quantitative estimate of drug-likeness (QED) is 0.399. The van der Waals surface area contributed by atoms with Crippen molar-refractivity contribution in [3.63, 3.8) is 0 Å². The van der Waals surface area contributed by atoms with E-state index in [9.17, 15) is 27.2 Å². The molecule has 0 bridgehead atoms. The number of hydrogen-bond acceptors (Lipinski definition) is 6. The van der Waals surface area contributed by atoms with Gasteiger partial charge in [-0.25, -0.2) is 4.39 Å². The molecule has 1 aromatic carbocycles. The third-order valence-corrected chi connectivity index (χ3v) is 4.93. The molecular weight excluding hydrogens is 454 g/mol. The van der Waals surface area contributed by atoms with Gasteiger partial charge in [-0.3, -0.25) is 19.1 Å². The van der Waals surface area contributed by atoms with Gasteiger partial charge in [-0.05, 0) is 12.1 Å². The zero-order valence-corrected chi connectivity index (χ0v) is 16.9. The number of carbonyl (C=O) groups is 2. The van der Waals surface area contributed by atoms with Crippen LogP contribution in [0, 0.1) is 5.82 Å². The molecule has 2 unspecified atom stereocenters. The van der Waals surface area contributed by atoms with Gasteiger partial charge < -0.3 is 15.4 Å². The van der Waals surface area contributed by atoms with E-state index in [1.807, 2.05) is 0 Å².